The van der Waals surface area contributed by atoms with Gasteiger partial charge in [-0.25, -0.2) is 4.79 Å². The highest BCUT2D eigenvalue weighted by Gasteiger charge is 2.20. The summed E-state index contributed by atoms with van der Waals surface area (Å²) in [5, 5.41) is 11.7. The Morgan fingerprint density at radius 2 is 1.90 bits per heavy atom. The monoisotopic (exact) mass is 365 g/mol. The highest BCUT2D eigenvalue weighted by Crippen LogP contribution is 2.23. The number of nitrogens with one attached hydrogen (secondary N) is 1. The van der Waals surface area contributed by atoms with Crippen LogP contribution in [0.15, 0.2) is 52.3 Å². The summed E-state index contributed by atoms with van der Waals surface area (Å²) in [6.07, 6.45) is 2.98. The average molecular weight is 366 g/mol. The van der Waals surface area contributed by atoms with E-state index in [1.165, 1.54) is 17.4 Å². The quantitative estimate of drug-likeness (QED) is 0.797. The number of hydrogen-bond donors (Lipinski definition) is 2. The Morgan fingerprint density at radius 3 is 2.48 bits per heavy atom. The van der Waals surface area contributed by atoms with Gasteiger partial charge in [0, 0.05) is 11.0 Å². The van der Waals surface area contributed by atoms with Gasteiger partial charge in [-0.05, 0) is 39.7 Å². The van der Waals surface area contributed by atoms with E-state index < -0.39 is 17.9 Å². The van der Waals surface area contributed by atoms with E-state index in [0.717, 1.165) is 8.66 Å². The summed E-state index contributed by atoms with van der Waals surface area (Å²) in [5.41, 5.74) is 0.533. The molecule has 2 N–H and O–H groups in total. The van der Waals surface area contributed by atoms with E-state index >= 15 is 0 Å². The van der Waals surface area contributed by atoms with Crippen molar-refractivity contribution < 1.29 is 14.7 Å². The number of thiophene rings is 1. The maximum atomic E-state index is 11.8. The first-order valence-corrected chi connectivity index (χ1v) is 7.69. The zero-order chi connectivity index (χ0) is 15.2. The fourth-order valence-corrected chi connectivity index (χ4v) is 3.03. The average Bonchev–Trinajstić information content (AvgIpc) is 2.89. The number of rotatable bonds is 5. The largest absolute Gasteiger partial charge is 0.479 e. The van der Waals surface area contributed by atoms with E-state index in [9.17, 15) is 14.7 Å². The predicted molar refractivity (Wildman–Crippen MR) is 86.0 cm³/mol. The molecule has 0 aliphatic carbocycles. The van der Waals surface area contributed by atoms with Crippen molar-refractivity contribution in [1.29, 1.82) is 0 Å². The summed E-state index contributed by atoms with van der Waals surface area (Å²) in [6, 6.07) is 11.3. The van der Waals surface area contributed by atoms with Crippen molar-refractivity contribution >= 4 is 45.2 Å². The molecule has 0 fully saturated rings. The molecule has 2 aromatic rings. The lowest BCUT2D eigenvalue weighted by Crippen LogP contribution is -2.32. The molecule has 108 valence electrons. The summed E-state index contributed by atoms with van der Waals surface area (Å²) >= 11 is 4.82. The van der Waals surface area contributed by atoms with Gasteiger partial charge in [0.25, 0.3) is 0 Å². The van der Waals surface area contributed by atoms with Crippen molar-refractivity contribution in [2.45, 2.75) is 6.04 Å². The van der Waals surface area contributed by atoms with Crippen LogP contribution < -0.4 is 5.32 Å². The molecule has 0 spiro atoms. The van der Waals surface area contributed by atoms with Crippen molar-refractivity contribution in [2.75, 3.05) is 0 Å². The molecule has 0 saturated heterocycles. The zero-order valence-electron chi connectivity index (χ0n) is 10.8. The van der Waals surface area contributed by atoms with Crippen LogP contribution in [-0.2, 0) is 9.59 Å². The Bertz CT molecular complexity index is 667. The third-order valence-electron chi connectivity index (χ3n) is 2.66. The molecule has 4 nitrogen and oxygen atoms in total. The van der Waals surface area contributed by atoms with E-state index in [0.29, 0.717) is 5.56 Å². The number of aliphatic carboxylic acids is 1. The molecule has 21 heavy (non-hydrogen) atoms. The number of carboxylic acids is 1. The van der Waals surface area contributed by atoms with Gasteiger partial charge in [0.2, 0.25) is 5.91 Å². The fourth-order valence-electron chi connectivity index (χ4n) is 1.70. The van der Waals surface area contributed by atoms with Crippen LogP contribution in [0, 0.1) is 0 Å². The first-order chi connectivity index (χ1) is 10.1. The highest BCUT2D eigenvalue weighted by atomic mass is 79.9. The Balaban J connectivity index is 2.05. The van der Waals surface area contributed by atoms with Gasteiger partial charge in [-0.2, -0.15) is 0 Å². The van der Waals surface area contributed by atoms with Crippen LogP contribution in [0.5, 0.6) is 0 Å². The zero-order valence-corrected chi connectivity index (χ0v) is 13.2. The van der Waals surface area contributed by atoms with Gasteiger partial charge < -0.3 is 10.4 Å². The van der Waals surface area contributed by atoms with Crippen molar-refractivity contribution in [1.82, 2.24) is 5.32 Å². The SMILES string of the molecule is O=C(/C=C/c1ccc(Br)s1)N[C@H](C(=O)O)c1ccccc1. The third kappa shape index (κ3) is 4.54. The fraction of sp³-hybridized carbons (Fsp3) is 0.0667. The number of carboxylic acid groups (broad SMARTS) is 1. The number of hydrogen-bond acceptors (Lipinski definition) is 3. The van der Waals surface area contributed by atoms with Gasteiger partial charge in [-0.1, -0.05) is 30.3 Å². The minimum Gasteiger partial charge on any atom is -0.479 e. The summed E-state index contributed by atoms with van der Waals surface area (Å²) < 4.78 is 0.968. The number of amides is 1. The summed E-state index contributed by atoms with van der Waals surface area (Å²) in [4.78, 5) is 24.0. The molecule has 1 heterocycles. The van der Waals surface area contributed by atoms with E-state index in [-0.39, 0.29) is 0 Å². The highest BCUT2D eigenvalue weighted by molar-refractivity contribution is 9.11. The van der Waals surface area contributed by atoms with E-state index in [4.69, 9.17) is 0 Å². The predicted octanol–water partition coefficient (Wildman–Crippen LogP) is 3.47. The van der Waals surface area contributed by atoms with E-state index in [2.05, 4.69) is 21.2 Å². The number of benzene rings is 1. The molecule has 0 radical (unpaired) electrons. The molecular weight excluding hydrogens is 354 g/mol. The normalized spacial score (nSPS) is 12.2. The van der Waals surface area contributed by atoms with E-state index in [1.54, 1.807) is 36.4 Å². The summed E-state index contributed by atoms with van der Waals surface area (Å²) in [7, 11) is 0. The first-order valence-electron chi connectivity index (χ1n) is 6.08. The number of carbonyl (C=O) groups is 2. The van der Waals surface area contributed by atoms with Crippen molar-refractivity contribution in [2.24, 2.45) is 0 Å². The van der Waals surface area contributed by atoms with Crippen LogP contribution in [0.4, 0.5) is 0 Å². The first kappa shape index (κ1) is 15.5. The minimum absolute atomic E-state index is 0.448. The summed E-state index contributed by atoms with van der Waals surface area (Å²) in [6.45, 7) is 0. The molecule has 0 saturated carbocycles. The van der Waals surface area contributed by atoms with Gasteiger partial charge in [0.15, 0.2) is 6.04 Å². The smallest absolute Gasteiger partial charge is 0.330 e. The topological polar surface area (TPSA) is 66.4 Å². The maximum absolute atomic E-state index is 11.8. The number of halogens is 1. The molecule has 1 atom stereocenters. The molecule has 2 rings (SSSR count). The van der Waals surface area contributed by atoms with Crippen LogP contribution >= 0.6 is 27.3 Å². The molecule has 1 aromatic heterocycles. The third-order valence-corrected chi connectivity index (χ3v) is 4.25. The van der Waals surface area contributed by atoms with Crippen LogP contribution in [0.2, 0.25) is 0 Å². The van der Waals surface area contributed by atoms with Crippen LogP contribution in [0.25, 0.3) is 6.08 Å². The molecule has 6 heteroatoms. The van der Waals surface area contributed by atoms with Gasteiger partial charge in [-0.3, -0.25) is 4.79 Å². The minimum atomic E-state index is -1.10. The van der Waals surface area contributed by atoms with Gasteiger partial charge >= 0.3 is 5.97 Å². The molecule has 0 bridgehead atoms. The van der Waals surface area contributed by atoms with Crippen molar-refractivity contribution in [3.8, 4) is 0 Å². The van der Waals surface area contributed by atoms with Crippen LogP contribution in [0.3, 0.4) is 0 Å². The second-order valence-electron chi connectivity index (χ2n) is 4.17. The lowest BCUT2D eigenvalue weighted by Gasteiger charge is -2.13. The Morgan fingerprint density at radius 1 is 1.19 bits per heavy atom. The molecule has 0 aliphatic heterocycles. The Kier molecular flexibility index (Phi) is 5.30. The second-order valence-corrected chi connectivity index (χ2v) is 6.66. The van der Waals surface area contributed by atoms with Gasteiger partial charge in [-0.15, -0.1) is 11.3 Å². The van der Waals surface area contributed by atoms with E-state index in [1.807, 2.05) is 12.1 Å². The van der Waals surface area contributed by atoms with Gasteiger partial charge in [0.1, 0.15) is 0 Å². The lowest BCUT2D eigenvalue weighted by atomic mass is 10.1. The van der Waals surface area contributed by atoms with Crippen LogP contribution in [-0.4, -0.2) is 17.0 Å². The second kappa shape index (κ2) is 7.19. The maximum Gasteiger partial charge on any atom is 0.330 e. The molecule has 1 aromatic carbocycles. The Hall–Kier alpha value is -1.92. The van der Waals surface area contributed by atoms with Gasteiger partial charge in [0.05, 0.1) is 3.79 Å². The Labute approximate surface area is 134 Å². The van der Waals surface area contributed by atoms with Crippen molar-refractivity contribution in [3.05, 3.63) is 62.8 Å². The standard InChI is InChI=1S/C15H12BrNO3S/c16-12-8-6-11(21-12)7-9-13(18)17-14(15(19)20)10-4-2-1-3-5-10/h1-9,14H,(H,17,18)(H,19,20)/b9-7+/t14-/m0/s1. The molecule has 1 amide bonds. The van der Waals surface area contributed by atoms with Crippen LogP contribution in [0.1, 0.15) is 16.5 Å². The molecule has 0 unspecified atom stereocenters. The molecule has 0 aliphatic rings. The lowest BCUT2D eigenvalue weighted by molar-refractivity contribution is -0.141. The van der Waals surface area contributed by atoms with Crippen molar-refractivity contribution in [3.63, 3.8) is 0 Å². The summed E-state index contributed by atoms with van der Waals surface area (Å²) in [5.74, 6) is -1.54. The molecular formula is C15H12BrNO3S. The number of carbonyl (C=O) groups excluding carboxylic acids is 1.